The average molecular weight is 464 g/mol. The monoisotopic (exact) mass is 463 g/mol. The van der Waals surface area contributed by atoms with Crippen molar-refractivity contribution in [3.8, 4) is 0 Å². The predicted octanol–water partition coefficient (Wildman–Crippen LogP) is 4.04. The molecule has 1 amide bonds. The Morgan fingerprint density at radius 3 is 2.27 bits per heavy atom. The molecule has 0 saturated carbocycles. The van der Waals surface area contributed by atoms with Gasteiger partial charge in [-0.2, -0.15) is 0 Å². The number of likely N-dealkylation sites (tertiary alicyclic amines) is 1. The van der Waals surface area contributed by atoms with Gasteiger partial charge in [-0.3, -0.25) is 14.0 Å². The van der Waals surface area contributed by atoms with Crippen molar-refractivity contribution >= 4 is 21.6 Å². The number of rotatable bonds is 8. The highest BCUT2D eigenvalue weighted by atomic mass is 32.2. The van der Waals surface area contributed by atoms with Crippen LogP contribution >= 0.6 is 0 Å². The summed E-state index contributed by atoms with van der Waals surface area (Å²) in [5, 5.41) is 2.93. The van der Waals surface area contributed by atoms with Crippen LogP contribution in [-0.4, -0.2) is 39.4 Å². The quantitative estimate of drug-likeness (QED) is 0.548. The van der Waals surface area contributed by atoms with Crippen LogP contribution in [0.5, 0.6) is 0 Å². The van der Waals surface area contributed by atoms with Crippen molar-refractivity contribution in [3.63, 3.8) is 0 Å². The lowest BCUT2D eigenvalue weighted by Gasteiger charge is -2.20. The summed E-state index contributed by atoms with van der Waals surface area (Å²) in [5.74, 6) is -0.247. The SMILES string of the molecule is CN(c1cccc(C(=O)NCc2ccc(CN3CCCC3)cc2)c1)S(=O)(=O)c1ccccc1. The normalized spacial score (nSPS) is 14.2. The van der Waals surface area contributed by atoms with Crippen LogP contribution in [-0.2, 0) is 23.1 Å². The molecule has 0 radical (unpaired) electrons. The molecule has 0 aromatic heterocycles. The number of carbonyl (C=O) groups is 1. The Hall–Kier alpha value is -3.16. The smallest absolute Gasteiger partial charge is 0.264 e. The van der Waals surface area contributed by atoms with Gasteiger partial charge < -0.3 is 5.32 Å². The molecule has 33 heavy (non-hydrogen) atoms. The van der Waals surface area contributed by atoms with E-state index in [0.29, 0.717) is 17.8 Å². The molecule has 1 fully saturated rings. The van der Waals surface area contributed by atoms with Gasteiger partial charge in [-0.15, -0.1) is 0 Å². The van der Waals surface area contributed by atoms with Crippen LogP contribution in [0.4, 0.5) is 5.69 Å². The van der Waals surface area contributed by atoms with E-state index < -0.39 is 10.0 Å². The number of hydrogen-bond donors (Lipinski definition) is 1. The zero-order chi connectivity index (χ0) is 23.3. The minimum absolute atomic E-state index is 0.204. The number of hydrogen-bond acceptors (Lipinski definition) is 4. The maximum atomic E-state index is 12.9. The Balaban J connectivity index is 1.38. The van der Waals surface area contributed by atoms with Gasteiger partial charge in [0.1, 0.15) is 0 Å². The maximum Gasteiger partial charge on any atom is 0.264 e. The highest BCUT2D eigenvalue weighted by molar-refractivity contribution is 7.92. The van der Waals surface area contributed by atoms with Crippen LogP contribution in [0.3, 0.4) is 0 Å². The molecule has 6 nitrogen and oxygen atoms in total. The first-order valence-electron chi connectivity index (χ1n) is 11.2. The van der Waals surface area contributed by atoms with Crippen molar-refractivity contribution in [2.75, 3.05) is 24.4 Å². The fraction of sp³-hybridized carbons (Fsp3) is 0.269. The molecule has 0 spiro atoms. The molecular formula is C26H29N3O3S. The highest BCUT2D eigenvalue weighted by Crippen LogP contribution is 2.23. The van der Waals surface area contributed by atoms with Crippen LogP contribution < -0.4 is 9.62 Å². The standard InChI is InChI=1S/C26H29N3O3S/c1-28(33(31,32)25-10-3-2-4-11-25)24-9-7-8-23(18-24)26(30)27-19-21-12-14-22(15-13-21)20-29-16-5-6-17-29/h2-4,7-15,18H,5-6,16-17,19-20H2,1H3,(H,27,30). The average Bonchev–Trinajstić information content (AvgIpc) is 3.36. The lowest BCUT2D eigenvalue weighted by molar-refractivity contribution is 0.0951. The van der Waals surface area contributed by atoms with Crippen molar-refractivity contribution in [3.05, 3.63) is 95.6 Å². The van der Waals surface area contributed by atoms with Gasteiger partial charge in [-0.1, -0.05) is 48.5 Å². The summed E-state index contributed by atoms with van der Waals surface area (Å²) >= 11 is 0. The zero-order valence-electron chi connectivity index (χ0n) is 18.8. The van der Waals surface area contributed by atoms with Gasteiger partial charge in [-0.05, 0) is 67.4 Å². The number of carbonyl (C=O) groups excluding carboxylic acids is 1. The molecule has 1 heterocycles. The number of amides is 1. The van der Waals surface area contributed by atoms with E-state index >= 15 is 0 Å². The summed E-state index contributed by atoms with van der Waals surface area (Å²) in [6.45, 7) is 3.71. The first-order chi connectivity index (χ1) is 15.9. The van der Waals surface area contributed by atoms with E-state index in [1.165, 1.54) is 42.8 Å². The maximum absolute atomic E-state index is 12.9. The molecule has 0 atom stereocenters. The van der Waals surface area contributed by atoms with Gasteiger partial charge >= 0.3 is 0 Å². The molecule has 172 valence electrons. The van der Waals surface area contributed by atoms with Gasteiger partial charge in [0.25, 0.3) is 15.9 Å². The summed E-state index contributed by atoms with van der Waals surface area (Å²) in [7, 11) is -2.22. The third kappa shape index (κ3) is 5.61. The Bertz CT molecular complexity index is 1190. The molecule has 0 unspecified atom stereocenters. The Morgan fingerprint density at radius 1 is 0.909 bits per heavy atom. The summed E-state index contributed by atoms with van der Waals surface area (Å²) in [6.07, 6.45) is 2.55. The van der Waals surface area contributed by atoms with E-state index in [4.69, 9.17) is 0 Å². The molecule has 4 rings (SSSR count). The van der Waals surface area contributed by atoms with Crippen LogP contribution in [0.25, 0.3) is 0 Å². The number of sulfonamides is 1. The molecular weight excluding hydrogens is 434 g/mol. The topological polar surface area (TPSA) is 69.7 Å². The van der Waals surface area contributed by atoms with E-state index in [1.54, 1.807) is 54.6 Å². The first-order valence-corrected chi connectivity index (χ1v) is 12.6. The predicted molar refractivity (Wildman–Crippen MR) is 131 cm³/mol. The molecule has 0 bridgehead atoms. The molecule has 1 aliphatic heterocycles. The zero-order valence-corrected chi connectivity index (χ0v) is 19.6. The Labute approximate surface area is 195 Å². The lowest BCUT2D eigenvalue weighted by atomic mass is 10.1. The van der Waals surface area contributed by atoms with E-state index in [9.17, 15) is 13.2 Å². The summed E-state index contributed by atoms with van der Waals surface area (Å²) < 4.78 is 27.0. The largest absolute Gasteiger partial charge is 0.348 e. The Morgan fingerprint density at radius 2 is 1.58 bits per heavy atom. The van der Waals surface area contributed by atoms with Crippen LogP contribution in [0.2, 0.25) is 0 Å². The minimum atomic E-state index is -3.70. The summed E-state index contributed by atoms with van der Waals surface area (Å²) in [6, 6.07) is 23.2. The molecule has 1 saturated heterocycles. The fourth-order valence-electron chi connectivity index (χ4n) is 3.98. The first kappa shape index (κ1) is 23.0. The van der Waals surface area contributed by atoms with E-state index in [2.05, 4.69) is 22.3 Å². The fourth-order valence-corrected chi connectivity index (χ4v) is 5.19. The van der Waals surface area contributed by atoms with Crippen LogP contribution in [0.15, 0.2) is 83.8 Å². The Kier molecular flexibility index (Phi) is 7.11. The highest BCUT2D eigenvalue weighted by Gasteiger charge is 2.21. The second-order valence-electron chi connectivity index (χ2n) is 8.32. The van der Waals surface area contributed by atoms with E-state index in [0.717, 1.165) is 12.1 Å². The van der Waals surface area contributed by atoms with Crippen molar-refractivity contribution in [2.24, 2.45) is 0 Å². The van der Waals surface area contributed by atoms with Crippen LogP contribution in [0.1, 0.15) is 34.3 Å². The van der Waals surface area contributed by atoms with Gasteiger partial charge in [0, 0.05) is 25.7 Å². The van der Waals surface area contributed by atoms with Gasteiger partial charge in [-0.25, -0.2) is 8.42 Å². The lowest BCUT2D eigenvalue weighted by Crippen LogP contribution is -2.27. The van der Waals surface area contributed by atoms with Crippen molar-refractivity contribution in [2.45, 2.75) is 30.8 Å². The van der Waals surface area contributed by atoms with Crippen molar-refractivity contribution in [1.29, 1.82) is 0 Å². The summed E-state index contributed by atoms with van der Waals surface area (Å²) in [5.41, 5.74) is 3.14. The summed E-state index contributed by atoms with van der Waals surface area (Å²) in [4.78, 5) is 15.4. The van der Waals surface area contributed by atoms with E-state index in [1.807, 2.05) is 12.1 Å². The number of nitrogens with zero attached hydrogens (tertiary/aromatic N) is 2. The molecule has 1 aliphatic rings. The van der Waals surface area contributed by atoms with Crippen LogP contribution in [0, 0.1) is 0 Å². The van der Waals surface area contributed by atoms with Gasteiger partial charge in [0.2, 0.25) is 0 Å². The second-order valence-corrected chi connectivity index (χ2v) is 10.3. The van der Waals surface area contributed by atoms with E-state index in [-0.39, 0.29) is 10.8 Å². The van der Waals surface area contributed by atoms with Crippen molar-refractivity contribution in [1.82, 2.24) is 10.2 Å². The molecule has 7 heteroatoms. The molecule has 3 aromatic carbocycles. The van der Waals surface area contributed by atoms with Gasteiger partial charge in [0.15, 0.2) is 0 Å². The van der Waals surface area contributed by atoms with Crippen molar-refractivity contribution < 1.29 is 13.2 Å². The molecule has 1 N–H and O–H groups in total. The minimum Gasteiger partial charge on any atom is -0.348 e. The second kappa shape index (κ2) is 10.2. The molecule has 3 aromatic rings. The third-order valence-corrected chi connectivity index (χ3v) is 7.75. The number of nitrogens with one attached hydrogen (secondary N) is 1. The number of benzene rings is 3. The third-order valence-electron chi connectivity index (χ3n) is 5.95. The number of anilines is 1. The molecule has 0 aliphatic carbocycles. The van der Waals surface area contributed by atoms with Gasteiger partial charge in [0.05, 0.1) is 10.6 Å².